The van der Waals surface area contributed by atoms with Crippen LogP contribution in [0.3, 0.4) is 0 Å². The molecular weight excluding hydrogens is 362 g/mol. The fraction of sp³-hybridized carbons (Fsp3) is 0.350. The van der Waals surface area contributed by atoms with E-state index in [4.69, 9.17) is 0 Å². The molecule has 27 heavy (non-hydrogen) atoms. The van der Waals surface area contributed by atoms with Gasteiger partial charge >= 0.3 is 0 Å². The Morgan fingerprint density at radius 2 is 1.59 bits per heavy atom. The monoisotopic (exact) mass is 389 g/mol. The molecule has 2 aromatic carbocycles. The Bertz CT molecular complexity index is 858. The van der Waals surface area contributed by atoms with Gasteiger partial charge in [-0.3, -0.25) is 9.52 Å². The van der Waals surface area contributed by atoms with Crippen LogP contribution in [0.1, 0.15) is 35.7 Å². The number of carbonyl (C=O) groups excluding carboxylic acids is 1. The number of hydrogen-bond acceptors (Lipinski definition) is 4. The summed E-state index contributed by atoms with van der Waals surface area (Å²) in [6.07, 6.45) is 0. The Labute approximate surface area is 161 Å². The molecule has 2 aromatic rings. The average molecular weight is 390 g/mol. The topological polar surface area (TPSA) is 78.5 Å². The van der Waals surface area contributed by atoms with Gasteiger partial charge in [-0.05, 0) is 62.0 Å². The summed E-state index contributed by atoms with van der Waals surface area (Å²) in [6.45, 7) is 5.42. The maximum absolute atomic E-state index is 12.5. The van der Waals surface area contributed by atoms with Crippen molar-refractivity contribution in [2.45, 2.75) is 24.7 Å². The first kappa shape index (κ1) is 20.9. The first-order valence-electron chi connectivity index (χ1n) is 8.85. The molecule has 2 rings (SSSR count). The number of nitrogens with one attached hydrogen (secondary N) is 2. The van der Waals surface area contributed by atoms with Gasteiger partial charge in [-0.25, -0.2) is 8.42 Å². The lowest BCUT2D eigenvalue weighted by atomic mass is 10.0. The van der Waals surface area contributed by atoms with Crippen molar-refractivity contribution in [2.75, 3.05) is 31.9 Å². The minimum Gasteiger partial charge on any atom is -0.351 e. The Kier molecular flexibility index (Phi) is 6.98. The number of hydrogen-bond donors (Lipinski definition) is 2. The third-order valence-corrected chi connectivity index (χ3v) is 5.50. The molecule has 0 bridgehead atoms. The molecule has 0 aliphatic rings. The van der Waals surface area contributed by atoms with Crippen molar-refractivity contribution < 1.29 is 13.2 Å². The van der Waals surface area contributed by atoms with Crippen molar-refractivity contribution in [2.24, 2.45) is 0 Å². The minimum atomic E-state index is -3.71. The SMILES string of the molecule is CC(C)c1ccc(NS(=O)(=O)c2ccc(C(=O)NCCN(C)C)cc2)cc1. The lowest BCUT2D eigenvalue weighted by Gasteiger charge is -2.12. The summed E-state index contributed by atoms with van der Waals surface area (Å²) in [5.74, 6) is 0.158. The Hall–Kier alpha value is -2.38. The van der Waals surface area contributed by atoms with E-state index in [1.807, 2.05) is 31.1 Å². The normalized spacial score (nSPS) is 11.6. The minimum absolute atomic E-state index is 0.111. The van der Waals surface area contributed by atoms with E-state index in [1.165, 1.54) is 24.3 Å². The Balaban J connectivity index is 2.05. The van der Waals surface area contributed by atoms with Crippen LogP contribution >= 0.6 is 0 Å². The number of nitrogens with zero attached hydrogens (tertiary/aromatic N) is 1. The van der Waals surface area contributed by atoms with E-state index in [2.05, 4.69) is 23.9 Å². The molecule has 0 saturated carbocycles. The van der Waals surface area contributed by atoms with Crippen molar-refractivity contribution in [3.8, 4) is 0 Å². The molecule has 146 valence electrons. The second-order valence-electron chi connectivity index (χ2n) is 6.97. The summed E-state index contributed by atoms with van der Waals surface area (Å²) in [4.78, 5) is 14.1. The molecule has 6 nitrogen and oxygen atoms in total. The predicted molar refractivity (Wildman–Crippen MR) is 109 cm³/mol. The molecule has 0 aliphatic heterocycles. The first-order chi connectivity index (χ1) is 12.7. The number of likely N-dealkylation sites (N-methyl/N-ethyl adjacent to an activating group) is 1. The van der Waals surface area contributed by atoms with Crippen LogP contribution in [-0.4, -0.2) is 46.4 Å². The molecule has 0 unspecified atom stereocenters. The van der Waals surface area contributed by atoms with Crippen LogP contribution in [0.4, 0.5) is 5.69 Å². The van der Waals surface area contributed by atoms with E-state index >= 15 is 0 Å². The van der Waals surface area contributed by atoms with Crippen molar-refractivity contribution in [1.82, 2.24) is 10.2 Å². The van der Waals surface area contributed by atoms with Crippen LogP contribution in [0.2, 0.25) is 0 Å². The van der Waals surface area contributed by atoms with Crippen LogP contribution in [0.15, 0.2) is 53.4 Å². The molecule has 0 fully saturated rings. The van der Waals surface area contributed by atoms with Crippen LogP contribution in [0.25, 0.3) is 0 Å². The van der Waals surface area contributed by atoms with Gasteiger partial charge in [0.15, 0.2) is 0 Å². The fourth-order valence-electron chi connectivity index (χ4n) is 2.43. The molecule has 0 aliphatic carbocycles. The van der Waals surface area contributed by atoms with Crippen LogP contribution in [0, 0.1) is 0 Å². The highest BCUT2D eigenvalue weighted by atomic mass is 32.2. The van der Waals surface area contributed by atoms with Gasteiger partial charge in [-0.1, -0.05) is 26.0 Å². The van der Waals surface area contributed by atoms with E-state index in [9.17, 15) is 13.2 Å². The molecule has 1 amide bonds. The molecule has 7 heteroatoms. The zero-order valence-corrected chi connectivity index (χ0v) is 17.0. The fourth-order valence-corrected chi connectivity index (χ4v) is 3.49. The molecule has 0 spiro atoms. The molecule has 0 atom stereocenters. The second-order valence-corrected chi connectivity index (χ2v) is 8.65. The lowest BCUT2D eigenvalue weighted by molar-refractivity contribution is 0.0951. The van der Waals surface area contributed by atoms with Crippen LogP contribution in [-0.2, 0) is 10.0 Å². The highest BCUT2D eigenvalue weighted by Gasteiger charge is 2.15. The number of sulfonamides is 1. The number of anilines is 1. The third-order valence-electron chi connectivity index (χ3n) is 4.10. The van der Waals surface area contributed by atoms with Gasteiger partial charge in [0.25, 0.3) is 15.9 Å². The Morgan fingerprint density at radius 3 is 2.11 bits per heavy atom. The zero-order chi connectivity index (χ0) is 20.0. The summed E-state index contributed by atoms with van der Waals surface area (Å²) in [6, 6.07) is 13.2. The molecule has 0 radical (unpaired) electrons. The van der Waals surface area contributed by atoms with Crippen molar-refractivity contribution in [1.29, 1.82) is 0 Å². The molecule has 2 N–H and O–H groups in total. The number of rotatable bonds is 8. The van der Waals surface area contributed by atoms with Crippen LogP contribution < -0.4 is 10.0 Å². The van der Waals surface area contributed by atoms with Gasteiger partial charge in [0.2, 0.25) is 0 Å². The standard InChI is InChI=1S/C20H27N3O3S/c1-15(2)16-5-9-18(10-6-16)22-27(25,26)19-11-7-17(8-12-19)20(24)21-13-14-23(3)4/h5-12,15,22H,13-14H2,1-4H3,(H,21,24). The quantitative estimate of drug-likeness (QED) is 0.728. The van der Waals surface area contributed by atoms with E-state index in [-0.39, 0.29) is 10.8 Å². The summed E-state index contributed by atoms with van der Waals surface area (Å²) in [5.41, 5.74) is 2.07. The Morgan fingerprint density at radius 1 is 1.00 bits per heavy atom. The molecule has 0 aromatic heterocycles. The van der Waals surface area contributed by atoms with E-state index in [0.717, 1.165) is 12.1 Å². The number of benzene rings is 2. The molecule has 0 saturated heterocycles. The second kappa shape index (κ2) is 9.01. The maximum Gasteiger partial charge on any atom is 0.261 e. The summed E-state index contributed by atoms with van der Waals surface area (Å²) >= 11 is 0. The molecule has 0 heterocycles. The number of amides is 1. The highest BCUT2D eigenvalue weighted by Crippen LogP contribution is 2.20. The van der Waals surface area contributed by atoms with Crippen molar-refractivity contribution in [3.05, 3.63) is 59.7 Å². The zero-order valence-electron chi connectivity index (χ0n) is 16.2. The van der Waals surface area contributed by atoms with Gasteiger partial charge in [-0.2, -0.15) is 0 Å². The molecular formula is C20H27N3O3S. The largest absolute Gasteiger partial charge is 0.351 e. The van der Waals surface area contributed by atoms with Crippen LogP contribution in [0.5, 0.6) is 0 Å². The van der Waals surface area contributed by atoms with E-state index in [1.54, 1.807) is 12.1 Å². The van der Waals surface area contributed by atoms with Gasteiger partial charge in [0, 0.05) is 24.3 Å². The summed E-state index contributed by atoms with van der Waals surface area (Å²) in [5, 5.41) is 2.80. The van der Waals surface area contributed by atoms with E-state index < -0.39 is 10.0 Å². The average Bonchev–Trinajstić information content (AvgIpc) is 2.61. The van der Waals surface area contributed by atoms with Gasteiger partial charge < -0.3 is 10.2 Å². The third kappa shape index (κ3) is 6.08. The van der Waals surface area contributed by atoms with Gasteiger partial charge in [-0.15, -0.1) is 0 Å². The van der Waals surface area contributed by atoms with Crippen molar-refractivity contribution in [3.63, 3.8) is 0 Å². The predicted octanol–water partition coefficient (Wildman–Crippen LogP) is 2.90. The lowest BCUT2D eigenvalue weighted by Crippen LogP contribution is -2.31. The van der Waals surface area contributed by atoms with Gasteiger partial charge in [0.05, 0.1) is 4.90 Å². The first-order valence-corrected chi connectivity index (χ1v) is 10.3. The summed E-state index contributed by atoms with van der Waals surface area (Å²) in [7, 11) is 0.146. The van der Waals surface area contributed by atoms with Gasteiger partial charge in [0.1, 0.15) is 0 Å². The smallest absolute Gasteiger partial charge is 0.261 e. The van der Waals surface area contributed by atoms with E-state index in [0.29, 0.717) is 23.7 Å². The maximum atomic E-state index is 12.5. The summed E-state index contributed by atoms with van der Waals surface area (Å²) < 4.78 is 27.6. The van der Waals surface area contributed by atoms with Crippen molar-refractivity contribution >= 4 is 21.6 Å². The number of carbonyl (C=O) groups is 1. The highest BCUT2D eigenvalue weighted by molar-refractivity contribution is 7.92.